The number of thiophene rings is 1. The number of anilines is 1. The molecule has 0 fully saturated rings. The summed E-state index contributed by atoms with van der Waals surface area (Å²) in [4.78, 5) is 0.899. The molecule has 0 bridgehead atoms. The molecule has 3 nitrogen and oxygen atoms in total. The Morgan fingerprint density at radius 3 is 2.84 bits per heavy atom. The van der Waals surface area contributed by atoms with Crippen LogP contribution in [0.25, 0.3) is 21.7 Å². The minimum Gasteiger partial charge on any atom is -0.367 e. The second-order valence-corrected chi connectivity index (χ2v) is 5.74. The van der Waals surface area contributed by atoms with E-state index >= 15 is 0 Å². The Morgan fingerprint density at radius 1 is 1.32 bits per heavy atom. The van der Waals surface area contributed by atoms with Crippen molar-refractivity contribution in [2.24, 2.45) is 0 Å². The number of nitrogen functional groups attached to an aromatic ring is 1. The third kappa shape index (κ3) is 2.17. The third-order valence-corrected chi connectivity index (χ3v) is 4.05. The molecule has 0 saturated heterocycles. The van der Waals surface area contributed by atoms with Crippen LogP contribution in [0.2, 0.25) is 0 Å². The van der Waals surface area contributed by atoms with Gasteiger partial charge in [-0.1, -0.05) is 27.2 Å². The molecule has 3 rings (SSSR count). The molecule has 0 spiro atoms. The monoisotopic (exact) mass is 338 g/mol. The van der Waals surface area contributed by atoms with E-state index in [9.17, 15) is 4.39 Å². The van der Waals surface area contributed by atoms with Crippen LogP contribution in [0.1, 0.15) is 0 Å². The molecule has 19 heavy (non-hydrogen) atoms. The molecule has 96 valence electrons. The lowest BCUT2D eigenvalue weighted by atomic mass is 10.1. The number of nitrogens with two attached hydrogens (primary N) is 1. The van der Waals surface area contributed by atoms with Crippen molar-refractivity contribution in [3.8, 4) is 21.7 Å². The number of hydrogen-bond donors (Lipinski definition) is 1. The number of halogens is 2. The van der Waals surface area contributed by atoms with Crippen molar-refractivity contribution in [3.05, 3.63) is 46.0 Å². The van der Waals surface area contributed by atoms with Crippen molar-refractivity contribution in [2.75, 3.05) is 5.73 Å². The molecule has 0 saturated carbocycles. The molecule has 6 heteroatoms. The van der Waals surface area contributed by atoms with Gasteiger partial charge in [0.05, 0.1) is 5.56 Å². The number of nitrogens with zero attached hydrogens (tertiary/aromatic N) is 1. The van der Waals surface area contributed by atoms with Crippen LogP contribution < -0.4 is 5.73 Å². The van der Waals surface area contributed by atoms with Gasteiger partial charge in [0.25, 0.3) is 0 Å². The van der Waals surface area contributed by atoms with Gasteiger partial charge < -0.3 is 10.3 Å². The van der Waals surface area contributed by atoms with Crippen LogP contribution in [0.4, 0.5) is 10.3 Å². The van der Waals surface area contributed by atoms with Gasteiger partial charge in [-0.05, 0) is 29.6 Å². The summed E-state index contributed by atoms with van der Waals surface area (Å²) in [5.74, 6) is -0.180. The van der Waals surface area contributed by atoms with E-state index in [1.165, 1.54) is 17.4 Å². The maximum Gasteiger partial charge on any atom is 0.231 e. The molecule has 0 atom stereocenters. The van der Waals surface area contributed by atoms with E-state index in [1.54, 1.807) is 12.1 Å². The largest absolute Gasteiger partial charge is 0.367 e. The van der Waals surface area contributed by atoms with Crippen LogP contribution in [0.15, 0.2) is 44.7 Å². The molecular weight excluding hydrogens is 331 g/mol. The van der Waals surface area contributed by atoms with E-state index in [2.05, 4.69) is 21.1 Å². The number of rotatable bonds is 2. The average molecular weight is 339 g/mol. The van der Waals surface area contributed by atoms with E-state index in [4.69, 9.17) is 10.3 Å². The lowest BCUT2D eigenvalue weighted by Gasteiger charge is -2.02. The second kappa shape index (κ2) is 4.79. The Morgan fingerprint density at radius 2 is 2.16 bits per heavy atom. The Hall–Kier alpha value is -1.66. The molecule has 2 N–H and O–H groups in total. The molecule has 1 aromatic carbocycles. The number of aromatic nitrogens is 1. The van der Waals surface area contributed by atoms with Crippen LogP contribution >= 0.6 is 27.3 Å². The van der Waals surface area contributed by atoms with Crippen molar-refractivity contribution in [3.63, 3.8) is 0 Å². The minimum atomic E-state index is -0.375. The highest BCUT2D eigenvalue weighted by Gasteiger charge is 2.20. The highest BCUT2D eigenvalue weighted by atomic mass is 79.9. The van der Waals surface area contributed by atoms with Gasteiger partial charge in [0.15, 0.2) is 0 Å². The highest BCUT2D eigenvalue weighted by Crippen LogP contribution is 2.39. The summed E-state index contributed by atoms with van der Waals surface area (Å²) < 4.78 is 19.7. The molecule has 3 aromatic rings. The van der Waals surface area contributed by atoms with Gasteiger partial charge in [-0.25, -0.2) is 4.39 Å². The first-order chi connectivity index (χ1) is 9.16. The van der Waals surface area contributed by atoms with Gasteiger partial charge in [-0.2, -0.15) is 0 Å². The second-order valence-electron chi connectivity index (χ2n) is 3.87. The molecule has 0 aliphatic heterocycles. The van der Waals surface area contributed by atoms with E-state index in [0.29, 0.717) is 21.3 Å². The molecule has 0 radical (unpaired) electrons. The molecule has 0 unspecified atom stereocenters. The van der Waals surface area contributed by atoms with Crippen LogP contribution in [-0.4, -0.2) is 5.16 Å². The third-order valence-electron chi connectivity index (χ3n) is 2.67. The van der Waals surface area contributed by atoms with E-state index < -0.39 is 0 Å². The fraction of sp³-hybridized carbons (Fsp3) is 0. The summed E-state index contributed by atoms with van der Waals surface area (Å²) in [6.45, 7) is 0. The molecular formula is C13H8BrFN2OS. The summed E-state index contributed by atoms with van der Waals surface area (Å²) in [5.41, 5.74) is 7.22. The number of benzene rings is 1. The fourth-order valence-electron chi connectivity index (χ4n) is 1.83. The first-order valence-electron chi connectivity index (χ1n) is 5.41. The van der Waals surface area contributed by atoms with Gasteiger partial charge in [0.2, 0.25) is 5.88 Å². The van der Waals surface area contributed by atoms with E-state index in [-0.39, 0.29) is 11.7 Å². The molecule has 2 heterocycles. The van der Waals surface area contributed by atoms with Crippen LogP contribution in [0.5, 0.6) is 0 Å². The zero-order chi connectivity index (χ0) is 13.4. The van der Waals surface area contributed by atoms with Gasteiger partial charge in [-0.15, -0.1) is 11.3 Å². The van der Waals surface area contributed by atoms with Crippen LogP contribution in [0.3, 0.4) is 0 Å². The Bertz CT molecular complexity index is 724. The molecule has 0 aliphatic carbocycles. The molecule has 2 aromatic heterocycles. The van der Waals surface area contributed by atoms with Crippen molar-refractivity contribution in [1.29, 1.82) is 0 Å². The Balaban J connectivity index is 2.21. The normalized spacial score (nSPS) is 10.8. The van der Waals surface area contributed by atoms with Gasteiger partial charge in [0.1, 0.15) is 11.5 Å². The Kier molecular flexibility index (Phi) is 3.12. The Labute approximate surface area is 121 Å². The smallest absolute Gasteiger partial charge is 0.231 e. The zero-order valence-corrected chi connectivity index (χ0v) is 12.0. The average Bonchev–Trinajstić information content (AvgIpc) is 2.98. The van der Waals surface area contributed by atoms with Gasteiger partial charge in [0, 0.05) is 14.9 Å². The topological polar surface area (TPSA) is 52.0 Å². The van der Waals surface area contributed by atoms with Crippen molar-refractivity contribution >= 4 is 33.2 Å². The summed E-state index contributed by atoms with van der Waals surface area (Å²) in [6.07, 6.45) is 0. The maximum absolute atomic E-state index is 14.0. The minimum absolute atomic E-state index is 0.194. The van der Waals surface area contributed by atoms with Crippen molar-refractivity contribution in [2.45, 2.75) is 0 Å². The van der Waals surface area contributed by atoms with E-state index in [0.717, 1.165) is 4.88 Å². The first kappa shape index (κ1) is 12.4. The molecule has 0 amide bonds. The zero-order valence-electron chi connectivity index (χ0n) is 9.56. The first-order valence-corrected chi connectivity index (χ1v) is 7.08. The lowest BCUT2D eigenvalue weighted by molar-refractivity contribution is 0.439. The predicted molar refractivity (Wildman–Crippen MR) is 77.3 cm³/mol. The lowest BCUT2D eigenvalue weighted by Crippen LogP contribution is -1.88. The summed E-state index contributed by atoms with van der Waals surface area (Å²) in [5, 5.41) is 5.80. The molecule has 0 aliphatic rings. The highest BCUT2D eigenvalue weighted by molar-refractivity contribution is 9.10. The van der Waals surface area contributed by atoms with Crippen LogP contribution in [-0.2, 0) is 0 Å². The van der Waals surface area contributed by atoms with Crippen molar-refractivity contribution < 1.29 is 8.91 Å². The van der Waals surface area contributed by atoms with Gasteiger partial charge in [-0.3, -0.25) is 0 Å². The maximum atomic E-state index is 14.0. The summed E-state index contributed by atoms with van der Waals surface area (Å²) in [7, 11) is 0. The SMILES string of the molecule is Nc1onc(-c2ccc(Br)cc2F)c1-c1cccs1. The van der Waals surface area contributed by atoms with Gasteiger partial charge >= 0.3 is 0 Å². The van der Waals surface area contributed by atoms with E-state index in [1.807, 2.05) is 17.5 Å². The van der Waals surface area contributed by atoms with Crippen LogP contribution in [0, 0.1) is 5.82 Å². The quantitative estimate of drug-likeness (QED) is 0.745. The summed E-state index contributed by atoms with van der Waals surface area (Å²) in [6, 6.07) is 8.58. The predicted octanol–water partition coefficient (Wildman–Crippen LogP) is 4.55. The standard InChI is InChI=1S/C13H8BrFN2OS/c14-7-3-4-8(9(15)6-7)12-11(13(16)18-17-12)10-2-1-5-19-10/h1-6H,16H2. The van der Waals surface area contributed by atoms with Crippen molar-refractivity contribution in [1.82, 2.24) is 5.16 Å². The fourth-order valence-corrected chi connectivity index (χ4v) is 2.94. The number of hydrogen-bond acceptors (Lipinski definition) is 4. The summed E-state index contributed by atoms with van der Waals surface area (Å²) >= 11 is 4.73.